The number of nitrogens with one attached hydrogen (secondary N) is 2. The van der Waals surface area contributed by atoms with Crippen molar-refractivity contribution in [3.05, 3.63) is 94.9 Å². The third-order valence-electron chi connectivity index (χ3n) is 8.24. The molecular weight excluding hydrogens is 670 g/mol. The van der Waals surface area contributed by atoms with Crippen LogP contribution in [0.5, 0.6) is 5.75 Å². The molecule has 0 radical (unpaired) electrons. The monoisotopic (exact) mass is 706 g/mol. The van der Waals surface area contributed by atoms with Gasteiger partial charge in [0.05, 0.1) is 34.1 Å². The zero-order valence-corrected chi connectivity index (χ0v) is 29.1. The molecule has 1 atom stereocenters. The fraction of sp³-hybridized carbons (Fsp3) is 0.306. The van der Waals surface area contributed by atoms with E-state index in [-0.39, 0.29) is 17.7 Å². The second-order valence-electron chi connectivity index (χ2n) is 12.1. The average molecular weight is 707 g/mol. The molecule has 8 nitrogen and oxygen atoms in total. The topological polar surface area (TPSA) is 92.3 Å². The standard InChI is InChI=1S/C36H37F3N6O2S2/c1-22(2)35-43-32(24-9-7-10-25(19-24)44-49(46)34-26(37)11-8-12-27(34)38)33(48-35)29-13-15-40-36(41-29)42-30-21-28(39)23(20-31(30)47-3)14-18-45-16-5-4-6-17-45/h7-13,15,19-22,44H,4-6,14,16-18H2,1-3H3,(H,40,41,42). The van der Waals surface area contributed by atoms with Crippen molar-refractivity contribution in [1.82, 2.24) is 19.9 Å². The molecule has 1 fully saturated rings. The van der Waals surface area contributed by atoms with Gasteiger partial charge in [0, 0.05) is 36.0 Å². The summed E-state index contributed by atoms with van der Waals surface area (Å²) in [6.45, 7) is 6.98. The normalized spacial score (nSPS) is 14.2. The average Bonchev–Trinajstić information content (AvgIpc) is 3.55. The van der Waals surface area contributed by atoms with E-state index >= 15 is 4.39 Å². The van der Waals surface area contributed by atoms with Crippen molar-refractivity contribution < 1.29 is 22.1 Å². The van der Waals surface area contributed by atoms with Crippen molar-refractivity contribution in [2.24, 2.45) is 0 Å². The van der Waals surface area contributed by atoms with E-state index in [1.165, 1.54) is 42.7 Å². The number of ether oxygens (including phenoxy) is 1. The van der Waals surface area contributed by atoms with Gasteiger partial charge >= 0.3 is 0 Å². The van der Waals surface area contributed by atoms with Crippen LogP contribution in [-0.4, -0.2) is 50.8 Å². The summed E-state index contributed by atoms with van der Waals surface area (Å²) in [6.07, 6.45) is 5.82. The summed E-state index contributed by atoms with van der Waals surface area (Å²) >= 11 is 1.48. The molecule has 3 aromatic carbocycles. The number of methoxy groups -OCH3 is 1. The Balaban J connectivity index is 1.26. The van der Waals surface area contributed by atoms with Crippen LogP contribution in [0.25, 0.3) is 21.8 Å². The first-order valence-electron chi connectivity index (χ1n) is 16.1. The highest BCUT2D eigenvalue weighted by molar-refractivity contribution is 7.86. The van der Waals surface area contributed by atoms with Gasteiger partial charge in [0.15, 0.2) is 11.0 Å². The third-order valence-corrected chi connectivity index (χ3v) is 10.8. The van der Waals surface area contributed by atoms with E-state index in [0.29, 0.717) is 46.1 Å². The molecule has 3 heterocycles. The number of aromatic nitrogens is 3. The lowest BCUT2D eigenvalue weighted by atomic mass is 10.1. The van der Waals surface area contributed by atoms with Crippen LogP contribution in [0.4, 0.5) is 30.5 Å². The van der Waals surface area contributed by atoms with Crippen LogP contribution in [0.2, 0.25) is 0 Å². The Morgan fingerprint density at radius 2 is 1.71 bits per heavy atom. The highest BCUT2D eigenvalue weighted by Crippen LogP contribution is 2.40. The Kier molecular flexibility index (Phi) is 10.9. The summed E-state index contributed by atoms with van der Waals surface area (Å²) in [7, 11) is -0.635. The van der Waals surface area contributed by atoms with Gasteiger partial charge in [-0.15, -0.1) is 11.3 Å². The van der Waals surface area contributed by atoms with E-state index in [0.717, 1.165) is 41.7 Å². The molecule has 1 saturated heterocycles. The molecule has 0 saturated carbocycles. The van der Waals surface area contributed by atoms with E-state index < -0.39 is 27.5 Å². The summed E-state index contributed by atoms with van der Waals surface area (Å²) < 4.78 is 65.1. The highest BCUT2D eigenvalue weighted by Gasteiger charge is 2.21. The Hall–Kier alpha value is -4.33. The lowest BCUT2D eigenvalue weighted by Gasteiger charge is -2.26. The number of halogens is 3. The fourth-order valence-electron chi connectivity index (χ4n) is 5.68. The van der Waals surface area contributed by atoms with Crippen LogP contribution < -0.4 is 14.8 Å². The first-order valence-corrected chi connectivity index (χ1v) is 18.1. The minimum atomic E-state index is -2.18. The number of thiazole rings is 1. The number of likely N-dealkylation sites (tertiary alicyclic amines) is 1. The molecule has 0 aliphatic carbocycles. The van der Waals surface area contributed by atoms with Crippen molar-refractivity contribution in [1.29, 1.82) is 0 Å². The van der Waals surface area contributed by atoms with Crippen molar-refractivity contribution in [2.75, 3.05) is 36.8 Å². The SMILES string of the molecule is COc1cc(CCN2CCCCC2)c(F)cc1Nc1nccc(-c2sc(C(C)C)nc2-c2cccc(NS(=O)c3c(F)cccc3F)c2)n1. The first kappa shape index (κ1) is 34.5. The third kappa shape index (κ3) is 8.11. The summed E-state index contributed by atoms with van der Waals surface area (Å²) in [6, 6.07) is 15.2. The lowest BCUT2D eigenvalue weighted by molar-refractivity contribution is 0.231. The van der Waals surface area contributed by atoms with Gasteiger partial charge in [-0.3, -0.25) is 0 Å². The zero-order chi connectivity index (χ0) is 34.5. The predicted molar refractivity (Wildman–Crippen MR) is 189 cm³/mol. The number of piperidine rings is 1. The Labute approximate surface area is 290 Å². The van der Waals surface area contributed by atoms with Crippen molar-refractivity contribution in [3.63, 3.8) is 0 Å². The van der Waals surface area contributed by atoms with Gasteiger partial charge in [-0.1, -0.05) is 38.5 Å². The van der Waals surface area contributed by atoms with Crippen LogP contribution in [-0.2, 0) is 17.4 Å². The Bertz CT molecular complexity index is 1950. The summed E-state index contributed by atoms with van der Waals surface area (Å²) in [5, 5.41) is 4.01. The fourth-order valence-corrected chi connectivity index (χ4v) is 7.68. The highest BCUT2D eigenvalue weighted by atomic mass is 32.2. The number of benzene rings is 3. The maximum absolute atomic E-state index is 15.3. The smallest absolute Gasteiger partial charge is 0.227 e. The predicted octanol–water partition coefficient (Wildman–Crippen LogP) is 8.72. The lowest BCUT2D eigenvalue weighted by Crippen LogP contribution is -2.31. The van der Waals surface area contributed by atoms with Gasteiger partial charge in [-0.05, 0) is 74.3 Å². The van der Waals surface area contributed by atoms with E-state index in [9.17, 15) is 13.0 Å². The number of anilines is 3. The minimum absolute atomic E-state index is 0.121. The van der Waals surface area contributed by atoms with Crippen LogP contribution >= 0.6 is 11.3 Å². The molecule has 0 spiro atoms. The van der Waals surface area contributed by atoms with Gasteiger partial charge in [0.25, 0.3) is 0 Å². The first-order chi connectivity index (χ1) is 23.7. The van der Waals surface area contributed by atoms with Crippen LogP contribution in [0.3, 0.4) is 0 Å². The molecule has 256 valence electrons. The largest absolute Gasteiger partial charge is 0.495 e. The molecule has 2 aromatic heterocycles. The van der Waals surface area contributed by atoms with Gasteiger partial charge in [-0.2, -0.15) is 0 Å². The number of nitrogens with zero attached hydrogens (tertiary/aromatic N) is 4. The van der Waals surface area contributed by atoms with E-state index in [1.54, 1.807) is 43.6 Å². The van der Waals surface area contributed by atoms with E-state index in [4.69, 9.17) is 14.7 Å². The summed E-state index contributed by atoms with van der Waals surface area (Å²) in [4.78, 5) is 16.7. The van der Waals surface area contributed by atoms with E-state index in [2.05, 4.69) is 19.9 Å². The molecule has 1 aliphatic rings. The number of hydrogen-bond acceptors (Lipinski definition) is 8. The molecule has 2 N–H and O–H groups in total. The summed E-state index contributed by atoms with van der Waals surface area (Å²) in [5.74, 6) is -1.27. The maximum Gasteiger partial charge on any atom is 0.227 e. The molecule has 5 aromatic rings. The molecule has 0 bridgehead atoms. The molecule has 1 unspecified atom stereocenters. The second kappa shape index (κ2) is 15.5. The maximum atomic E-state index is 15.3. The van der Waals surface area contributed by atoms with Gasteiger partial charge in [0.2, 0.25) is 5.95 Å². The van der Waals surface area contributed by atoms with Crippen molar-refractivity contribution in [3.8, 4) is 27.6 Å². The molecule has 49 heavy (non-hydrogen) atoms. The van der Waals surface area contributed by atoms with Crippen LogP contribution in [0.1, 0.15) is 49.6 Å². The molecule has 6 rings (SSSR count). The zero-order valence-electron chi connectivity index (χ0n) is 27.4. The van der Waals surface area contributed by atoms with Gasteiger partial charge in [-0.25, -0.2) is 32.3 Å². The Morgan fingerprint density at radius 1 is 0.959 bits per heavy atom. The quantitative estimate of drug-likeness (QED) is 0.134. The Morgan fingerprint density at radius 3 is 2.45 bits per heavy atom. The summed E-state index contributed by atoms with van der Waals surface area (Å²) in [5.41, 5.74) is 3.30. The molecule has 0 amide bonds. The minimum Gasteiger partial charge on any atom is -0.495 e. The van der Waals surface area contributed by atoms with Gasteiger partial charge < -0.3 is 19.7 Å². The number of rotatable bonds is 12. The van der Waals surface area contributed by atoms with Crippen LogP contribution in [0, 0.1) is 17.5 Å². The number of hydrogen-bond donors (Lipinski definition) is 2. The van der Waals surface area contributed by atoms with Crippen molar-refractivity contribution in [2.45, 2.75) is 50.3 Å². The van der Waals surface area contributed by atoms with E-state index in [1.807, 2.05) is 19.9 Å². The molecule has 1 aliphatic heterocycles. The molecule has 13 heteroatoms. The van der Waals surface area contributed by atoms with Gasteiger partial charge in [0.1, 0.15) is 28.1 Å². The van der Waals surface area contributed by atoms with Crippen LogP contribution in [0.15, 0.2) is 71.8 Å². The second-order valence-corrected chi connectivity index (χ2v) is 14.3. The van der Waals surface area contributed by atoms with Crippen molar-refractivity contribution >= 4 is 39.6 Å². The molecular formula is C36H37F3N6O2S2.